The van der Waals surface area contributed by atoms with Crippen LogP contribution in [-0.4, -0.2) is 39.8 Å². The molecule has 2 aromatic heterocycles. The van der Waals surface area contributed by atoms with Gasteiger partial charge in [0.25, 0.3) is 0 Å². The van der Waals surface area contributed by atoms with E-state index in [9.17, 15) is 18.4 Å². The maximum absolute atomic E-state index is 14.4. The topological polar surface area (TPSA) is 80.1 Å². The first kappa shape index (κ1) is 21.1. The van der Waals surface area contributed by atoms with Crippen LogP contribution in [0.2, 0.25) is 0 Å². The van der Waals surface area contributed by atoms with Gasteiger partial charge < -0.3 is 10.2 Å². The summed E-state index contributed by atoms with van der Waals surface area (Å²) in [5.74, 6) is -1.33. The number of likely N-dealkylation sites (N-methyl/N-ethyl adjacent to an activating group) is 1. The Morgan fingerprint density at radius 1 is 1.32 bits per heavy atom. The molecule has 4 rings (SSSR count). The van der Waals surface area contributed by atoms with E-state index in [1.807, 2.05) is 0 Å². The fourth-order valence-corrected chi connectivity index (χ4v) is 3.99. The first-order valence-electron chi connectivity index (χ1n) is 9.53. The third kappa shape index (κ3) is 4.48. The molecule has 1 atom stereocenters. The lowest BCUT2D eigenvalue weighted by atomic mass is 10.1. The second-order valence-corrected chi connectivity index (χ2v) is 8.16. The van der Waals surface area contributed by atoms with E-state index >= 15 is 0 Å². The maximum Gasteiger partial charge on any atom is 0.342 e. The summed E-state index contributed by atoms with van der Waals surface area (Å²) in [7, 11) is 1.55. The standard InChI is InChI=1S/C21H18BrF2N5O2/c1-28-18-9-13(22)8-16(23)15(18)5-6-17(20(28)30)27-21(31)29-11-12(10-25-29)7-14-3-2-4-19(24)26-14/h2-4,8-11,17H,5-7H2,1H3,(H,27,31). The molecule has 1 unspecified atom stereocenters. The van der Waals surface area contributed by atoms with Gasteiger partial charge in [-0.05, 0) is 42.7 Å². The molecule has 2 amide bonds. The predicted molar refractivity (Wildman–Crippen MR) is 113 cm³/mol. The van der Waals surface area contributed by atoms with Gasteiger partial charge in [0.2, 0.25) is 11.9 Å². The number of nitrogens with zero attached hydrogens (tertiary/aromatic N) is 4. The fraction of sp³-hybridized carbons (Fsp3) is 0.238. The molecule has 0 bridgehead atoms. The summed E-state index contributed by atoms with van der Waals surface area (Å²) in [6.07, 6.45) is 3.83. The van der Waals surface area contributed by atoms with Crippen LogP contribution in [0.1, 0.15) is 23.2 Å². The Morgan fingerprint density at radius 2 is 2.13 bits per heavy atom. The molecule has 31 heavy (non-hydrogen) atoms. The molecule has 0 saturated heterocycles. The van der Waals surface area contributed by atoms with Crippen LogP contribution in [0.3, 0.4) is 0 Å². The van der Waals surface area contributed by atoms with Gasteiger partial charge in [-0.15, -0.1) is 0 Å². The Balaban J connectivity index is 1.47. The highest BCUT2D eigenvalue weighted by molar-refractivity contribution is 9.10. The molecule has 0 spiro atoms. The number of halogens is 3. The van der Waals surface area contributed by atoms with E-state index < -0.39 is 23.8 Å². The van der Waals surface area contributed by atoms with Gasteiger partial charge in [-0.2, -0.15) is 14.2 Å². The Kier molecular flexibility index (Phi) is 5.81. The first-order chi connectivity index (χ1) is 14.8. The normalized spacial score (nSPS) is 16.1. The Bertz CT molecular complexity index is 1170. The Labute approximate surface area is 185 Å². The number of anilines is 1. The number of fused-ring (bicyclic) bond motifs is 1. The molecule has 1 N–H and O–H groups in total. The van der Waals surface area contributed by atoms with Crippen LogP contribution in [-0.2, 0) is 17.6 Å². The molecule has 0 saturated carbocycles. The Morgan fingerprint density at radius 3 is 2.90 bits per heavy atom. The molecule has 3 aromatic rings. The second kappa shape index (κ2) is 8.54. The van der Waals surface area contributed by atoms with Gasteiger partial charge in [0.1, 0.15) is 11.9 Å². The van der Waals surface area contributed by atoms with Crippen molar-refractivity contribution in [1.82, 2.24) is 20.1 Å². The van der Waals surface area contributed by atoms with Crippen molar-refractivity contribution < 1.29 is 18.4 Å². The minimum Gasteiger partial charge on any atom is -0.324 e. The van der Waals surface area contributed by atoms with E-state index in [2.05, 4.69) is 31.3 Å². The third-order valence-corrected chi connectivity index (χ3v) is 5.57. The molecule has 1 aromatic carbocycles. The summed E-state index contributed by atoms with van der Waals surface area (Å²) in [6, 6.07) is 6.11. The third-order valence-electron chi connectivity index (χ3n) is 5.11. The van der Waals surface area contributed by atoms with Crippen molar-refractivity contribution in [3.05, 3.63) is 75.8 Å². The molecule has 0 fully saturated rings. The highest BCUT2D eigenvalue weighted by Gasteiger charge is 2.31. The van der Waals surface area contributed by atoms with Gasteiger partial charge in [-0.1, -0.05) is 22.0 Å². The number of amides is 2. The summed E-state index contributed by atoms with van der Waals surface area (Å²) >= 11 is 3.25. The number of rotatable bonds is 3. The molecule has 1 aliphatic rings. The lowest BCUT2D eigenvalue weighted by molar-refractivity contribution is -0.120. The number of nitrogens with one attached hydrogen (secondary N) is 1. The molecule has 1 aliphatic heterocycles. The molecule has 7 nitrogen and oxygen atoms in total. The zero-order chi connectivity index (χ0) is 22.1. The first-order valence-corrected chi connectivity index (χ1v) is 10.3. The second-order valence-electron chi connectivity index (χ2n) is 7.24. The monoisotopic (exact) mass is 489 g/mol. The SMILES string of the molecule is CN1C(=O)C(NC(=O)n2cc(Cc3cccc(F)n3)cn2)CCc2c(F)cc(Br)cc21. The molecule has 10 heteroatoms. The van der Waals surface area contributed by atoms with Crippen molar-refractivity contribution >= 4 is 33.6 Å². The number of carbonyl (C=O) groups excluding carboxylic acids is 2. The summed E-state index contributed by atoms with van der Waals surface area (Å²) in [5.41, 5.74) is 2.07. The molecule has 3 heterocycles. The lowest BCUT2D eigenvalue weighted by Crippen LogP contribution is -2.48. The van der Waals surface area contributed by atoms with E-state index in [1.165, 1.54) is 29.4 Å². The average molecular weight is 490 g/mol. The molecule has 0 radical (unpaired) electrons. The zero-order valence-electron chi connectivity index (χ0n) is 16.5. The van der Waals surface area contributed by atoms with E-state index in [-0.39, 0.29) is 12.3 Å². The van der Waals surface area contributed by atoms with Crippen LogP contribution in [0.4, 0.5) is 19.3 Å². The van der Waals surface area contributed by atoms with Crippen molar-refractivity contribution in [3.8, 4) is 0 Å². The van der Waals surface area contributed by atoms with Crippen molar-refractivity contribution in [3.63, 3.8) is 0 Å². The number of hydrogen-bond acceptors (Lipinski definition) is 4. The maximum atomic E-state index is 14.4. The summed E-state index contributed by atoms with van der Waals surface area (Å²) in [6.45, 7) is 0. The molecule has 0 aliphatic carbocycles. The summed E-state index contributed by atoms with van der Waals surface area (Å²) in [5, 5.41) is 6.70. The van der Waals surface area contributed by atoms with Crippen LogP contribution in [0, 0.1) is 11.8 Å². The van der Waals surface area contributed by atoms with E-state index in [1.54, 1.807) is 25.2 Å². The van der Waals surface area contributed by atoms with Gasteiger partial charge in [0, 0.05) is 35.4 Å². The number of hydrogen-bond donors (Lipinski definition) is 1. The van der Waals surface area contributed by atoms with Gasteiger partial charge in [0.15, 0.2) is 0 Å². The Hall–Kier alpha value is -3.14. The predicted octanol–water partition coefficient (Wildman–Crippen LogP) is 3.45. The van der Waals surface area contributed by atoms with E-state index in [0.29, 0.717) is 39.8 Å². The number of carbonyl (C=O) groups is 2. The summed E-state index contributed by atoms with van der Waals surface area (Å²) < 4.78 is 29.2. The van der Waals surface area contributed by atoms with Gasteiger partial charge in [-0.3, -0.25) is 4.79 Å². The quantitative estimate of drug-likeness (QED) is 0.571. The van der Waals surface area contributed by atoms with Crippen LogP contribution in [0.15, 0.2) is 47.2 Å². The highest BCUT2D eigenvalue weighted by atomic mass is 79.9. The molecular weight excluding hydrogens is 472 g/mol. The van der Waals surface area contributed by atoms with Crippen molar-refractivity contribution in [2.75, 3.05) is 11.9 Å². The van der Waals surface area contributed by atoms with Crippen molar-refractivity contribution in [2.24, 2.45) is 0 Å². The van der Waals surface area contributed by atoms with Gasteiger partial charge in [0.05, 0.1) is 11.9 Å². The minimum atomic E-state index is -0.833. The van der Waals surface area contributed by atoms with Crippen molar-refractivity contribution in [1.29, 1.82) is 0 Å². The smallest absolute Gasteiger partial charge is 0.324 e. The number of aromatic nitrogens is 3. The van der Waals surface area contributed by atoms with Crippen LogP contribution in [0.25, 0.3) is 0 Å². The average Bonchev–Trinajstić information content (AvgIpc) is 3.15. The van der Waals surface area contributed by atoms with Gasteiger partial charge in [-0.25, -0.2) is 14.2 Å². The lowest BCUT2D eigenvalue weighted by Gasteiger charge is -2.22. The van der Waals surface area contributed by atoms with Crippen molar-refractivity contribution in [2.45, 2.75) is 25.3 Å². The summed E-state index contributed by atoms with van der Waals surface area (Å²) in [4.78, 5) is 30.7. The van der Waals surface area contributed by atoms with Gasteiger partial charge >= 0.3 is 6.03 Å². The zero-order valence-corrected chi connectivity index (χ0v) is 18.1. The van der Waals surface area contributed by atoms with Crippen LogP contribution in [0.5, 0.6) is 0 Å². The molecule has 160 valence electrons. The highest BCUT2D eigenvalue weighted by Crippen LogP contribution is 2.31. The molecular formula is C21H18BrF2N5O2. The number of pyridine rings is 1. The van der Waals surface area contributed by atoms with E-state index in [0.717, 1.165) is 4.68 Å². The van der Waals surface area contributed by atoms with E-state index in [4.69, 9.17) is 0 Å². The van der Waals surface area contributed by atoms with Crippen LogP contribution >= 0.6 is 15.9 Å². The number of benzene rings is 1. The fourth-order valence-electron chi connectivity index (χ4n) is 3.57. The largest absolute Gasteiger partial charge is 0.342 e. The minimum absolute atomic E-state index is 0.252. The van der Waals surface area contributed by atoms with Crippen LogP contribution < -0.4 is 10.2 Å².